The van der Waals surface area contributed by atoms with Crippen LogP contribution in [0, 0.1) is 0 Å². The molecule has 3 heteroatoms. The van der Waals surface area contributed by atoms with E-state index in [0.29, 0.717) is 12.1 Å². The molecule has 1 rings (SSSR count). The zero-order valence-corrected chi connectivity index (χ0v) is 6.66. The molecule has 0 saturated carbocycles. The number of benzene rings is 1. The minimum absolute atomic E-state index is 0.548. The highest BCUT2D eigenvalue weighted by atomic mass is 16.5. The highest BCUT2D eigenvalue weighted by molar-refractivity contribution is 5.50. The Kier molecular flexibility index (Phi) is 3.29. The molecule has 0 fully saturated rings. The second-order valence-electron chi connectivity index (χ2n) is 2.51. The standard InChI is InChI=1S/C9H11NO2/c11-7-1-2-8-3-5-9(10-12)6-4-8/h3-7,10,12H,1-2H2. The van der Waals surface area contributed by atoms with Crippen LogP contribution in [0.4, 0.5) is 5.69 Å². The number of anilines is 1. The lowest BCUT2D eigenvalue weighted by atomic mass is 10.1. The van der Waals surface area contributed by atoms with Gasteiger partial charge in [0.25, 0.3) is 0 Å². The van der Waals surface area contributed by atoms with Crippen molar-refractivity contribution in [2.75, 3.05) is 5.48 Å². The normalized spacial score (nSPS) is 9.42. The van der Waals surface area contributed by atoms with Crippen LogP contribution >= 0.6 is 0 Å². The molecule has 0 unspecified atom stereocenters. The second-order valence-corrected chi connectivity index (χ2v) is 2.51. The molecule has 12 heavy (non-hydrogen) atoms. The minimum Gasteiger partial charge on any atom is -0.303 e. The zero-order valence-electron chi connectivity index (χ0n) is 6.66. The first-order valence-electron chi connectivity index (χ1n) is 3.79. The van der Waals surface area contributed by atoms with Gasteiger partial charge in [0.1, 0.15) is 6.29 Å². The van der Waals surface area contributed by atoms with E-state index in [4.69, 9.17) is 5.21 Å². The van der Waals surface area contributed by atoms with Crippen molar-refractivity contribution >= 4 is 12.0 Å². The number of hydrogen-bond acceptors (Lipinski definition) is 3. The Hall–Kier alpha value is -1.35. The van der Waals surface area contributed by atoms with E-state index >= 15 is 0 Å². The fourth-order valence-electron chi connectivity index (χ4n) is 0.972. The molecular formula is C9H11NO2. The van der Waals surface area contributed by atoms with E-state index in [9.17, 15) is 4.79 Å². The highest BCUT2D eigenvalue weighted by Crippen LogP contribution is 2.09. The summed E-state index contributed by atoms with van der Waals surface area (Å²) in [5, 5.41) is 8.50. The summed E-state index contributed by atoms with van der Waals surface area (Å²) < 4.78 is 0. The van der Waals surface area contributed by atoms with Gasteiger partial charge in [0.15, 0.2) is 0 Å². The molecule has 1 aromatic rings. The average Bonchev–Trinajstić information content (AvgIpc) is 2.15. The van der Waals surface area contributed by atoms with Gasteiger partial charge in [0, 0.05) is 6.42 Å². The number of carbonyl (C=O) groups is 1. The lowest BCUT2D eigenvalue weighted by Crippen LogP contribution is -1.90. The fourth-order valence-corrected chi connectivity index (χ4v) is 0.972. The van der Waals surface area contributed by atoms with Gasteiger partial charge in [0.05, 0.1) is 5.69 Å². The summed E-state index contributed by atoms with van der Waals surface area (Å²) in [4.78, 5) is 10.0. The lowest BCUT2D eigenvalue weighted by molar-refractivity contribution is -0.107. The third-order valence-electron chi connectivity index (χ3n) is 1.63. The lowest BCUT2D eigenvalue weighted by Gasteiger charge is -2.00. The molecule has 0 amide bonds. The SMILES string of the molecule is O=CCCc1ccc(NO)cc1. The Bertz CT molecular complexity index is 243. The fraction of sp³-hybridized carbons (Fsp3) is 0.222. The predicted octanol–water partition coefficient (Wildman–Crippen LogP) is 1.62. The van der Waals surface area contributed by atoms with Gasteiger partial charge < -0.3 is 4.79 Å². The number of carbonyl (C=O) groups excluding carboxylic acids is 1. The van der Waals surface area contributed by atoms with Gasteiger partial charge in [-0.05, 0) is 24.1 Å². The van der Waals surface area contributed by atoms with Gasteiger partial charge in [-0.25, -0.2) is 0 Å². The number of aryl methyl sites for hydroxylation is 1. The summed E-state index contributed by atoms with van der Waals surface area (Å²) in [6.07, 6.45) is 2.21. The van der Waals surface area contributed by atoms with Crippen molar-refractivity contribution in [2.24, 2.45) is 0 Å². The highest BCUT2D eigenvalue weighted by Gasteiger charge is 1.92. The molecule has 0 bridgehead atoms. The summed E-state index contributed by atoms with van der Waals surface area (Å²) in [6.45, 7) is 0. The maximum Gasteiger partial charge on any atom is 0.120 e. The predicted molar refractivity (Wildman–Crippen MR) is 46.2 cm³/mol. The monoisotopic (exact) mass is 165 g/mol. The second kappa shape index (κ2) is 4.51. The molecule has 0 atom stereocenters. The average molecular weight is 165 g/mol. The number of hydrogen-bond donors (Lipinski definition) is 2. The van der Waals surface area contributed by atoms with E-state index in [0.717, 1.165) is 18.3 Å². The smallest absolute Gasteiger partial charge is 0.120 e. The first kappa shape index (κ1) is 8.74. The molecular weight excluding hydrogens is 154 g/mol. The van der Waals surface area contributed by atoms with E-state index in [2.05, 4.69) is 0 Å². The Labute approximate surface area is 71.0 Å². The van der Waals surface area contributed by atoms with Crippen molar-refractivity contribution in [2.45, 2.75) is 12.8 Å². The quantitative estimate of drug-likeness (QED) is 0.526. The molecule has 0 aliphatic heterocycles. The molecule has 0 aliphatic carbocycles. The van der Waals surface area contributed by atoms with Crippen molar-refractivity contribution in [3.05, 3.63) is 29.8 Å². The van der Waals surface area contributed by atoms with Crippen LogP contribution in [0.5, 0.6) is 0 Å². The van der Waals surface area contributed by atoms with E-state index in [1.165, 1.54) is 0 Å². The van der Waals surface area contributed by atoms with Crippen LogP contribution in [-0.2, 0) is 11.2 Å². The maximum absolute atomic E-state index is 10.0. The van der Waals surface area contributed by atoms with E-state index < -0.39 is 0 Å². The Balaban J connectivity index is 2.58. The first-order valence-corrected chi connectivity index (χ1v) is 3.79. The van der Waals surface area contributed by atoms with Crippen LogP contribution in [0.3, 0.4) is 0 Å². The molecule has 64 valence electrons. The Morgan fingerprint density at radius 2 is 2.00 bits per heavy atom. The first-order chi connectivity index (χ1) is 5.86. The topological polar surface area (TPSA) is 49.3 Å². The van der Waals surface area contributed by atoms with E-state index in [1.807, 2.05) is 17.6 Å². The van der Waals surface area contributed by atoms with Gasteiger partial charge in [-0.1, -0.05) is 12.1 Å². The zero-order chi connectivity index (χ0) is 8.81. The van der Waals surface area contributed by atoms with Crippen LogP contribution in [-0.4, -0.2) is 11.5 Å². The minimum atomic E-state index is 0.548. The van der Waals surface area contributed by atoms with Crippen molar-refractivity contribution < 1.29 is 10.0 Å². The molecule has 0 heterocycles. The van der Waals surface area contributed by atoms with Crippen molar-refractivity contribution in [1.82, 2.24) is 0 Å². The van der Waals surface area contributed by atoms with Gasteiger partial charge in [-0.15, -0.1) is 0 Å². The summed E-state index contributed by atoms with van der Waals surface area (Å²) in [5.74, 6) is 0. The molecule has 0 aliphatic rings. The molecule has 0 radical (unpaired) electrons. The van der Waals surface area contributed by atoms with Crippen LogP contribution in [0.15, 0.2) is 24.3 Å². The molecule has 0 saturated heterocycles. The van der Waals surface area contributed by atoms with Gasteiger partial charge in [-0.3, -0.25) is 10.7 Å². The van der Waals surface area contributed by atoms with E-state index in [1.54, 1.807) is 12.1 Å². The third kappa shape index (κ3) is 2.36. The summed E-state index contributed by atoms with van der Waals surface area (Å²) in [6, 6.07) is 7.28. The number of aldehydes is 1. The maximum atomic E-state index is 10.0. The summed E-state index contributed by atoms with van der Waals surface area (Å²) >= 11 is 0. The van der Waals surface area contributed by atoms with Crippen LogP contribution < -0.4 is 5.48 Å². The third-order valence-corrected chi connectivity index (χ3v) is 1.63. The van der Waals surface area contributed by atoms with Gasteiger partial charge in [0.2, 0.25) is 0 Å². The van der Waals surface area contributed by atoms with Crippen LogP contribution in [0.1, 0.15) is 12.0 Å². The molecule has 0 spiro atoms. The van der Waals surface area contributed by atoms with Gasteiger partial charge >= 0.3 is 0 Å². The van der Waals surface area contributed by atoms with Crippen molar-refractivity contribution in [3.8, 4) is 0 Å². The Morgan fingerprint density at radius 3 is 2.50 bits per heavy atom. The van der Waals surface area contributed by atoms with Gasteiger partial charge in [-0.2, -0.15) is 0 Å². The van der Waals surface area contributed by atoms with Crippen LogP contribution in [0.25, 0.3) is 0 Å². The molecule has 3 nitrogen and oxygen atoms in total. The molecule has 0 aromatic heterocycles. The number of nitrogens with one attached hydrogen (secondary N) is 1. The van der Waals surface area contributed by atoms with E-state index in [-0.39, 0.29) is 0 Å². The van der Waals surface area contributed by atoms with Crippen molar-refractivity contribution in [3.63, 3.8) is 0 Å². The summed E-state index contributed by atoms with van der Waals surface area (Å²) in [5.41, 5.74) is 3.80. The largest absolute Gasteiger partial charge is 0.303 e. The van der Waals surface area contributed by atoms with Crippen molar-refractivity contribution in [1.29, 1.82) is 0 Å². The molecule has 1 aromatic carbocycles. The Morgan fingerprint density at radius 1 is 1.33 bits per heavy atom. The van der Waals surface area contributed by atoms with Crippen LogP contribution in [0.2, 0.25) is 0 Å². The molecule has 2 N–H and O–H groups in total. The number of rotatable bonds is 4. The summed E-state index contributed by atoms with van der Waals surface area (Å²) in [7, 11) is 0.